The zero-order valence-electron chi connectivity index (χ0n) is 12.0. The lowest BCUT2D eigenvalue weighted by atomic mass is 9.98. The summed E-state index contributed by atoms with van der Waals surface area (Å²) >= 11 is 1.88. The standard InChI is InChI=1S/C14H23N3OS/c1-9-7-17(8-10(2)18-9)14-16-12-6-4-5-11(15-3)13(12)19-14/h9-11,15H,4-8H2,1-3H3/t9-,10+,11?. The number of anilines is 1. The number of nitrogens with one attached hydrogen (secondary N) is 1. The predicted octanol–water partition coefficient (Wildman–Crippen LogP) is 2.35. The number of rotatable bonds is 2. The molecule has 0 saturated carbocycles. The Bertz CT molecular complexity index is 438. The van der Waals surface area contributed by atoms with Crippen LogP contribution in [0.25, 0.3) is 0 Å². The molecular formula is C14H23N3OS. The Kier molecular flexibility index (Phi) is 3.78. The molecule has 1 unspecified atom stereocenters. The van der Waals surface area contributed by atoms with Gasteiger partial charge in [-0.15, -0.1) is 0 Å². The van der Waals surface area contributed by atoms with Crippen LogP contribution < -0.4 is 10.2 Å². The quantitative estimate of drug-likeness (QED) is 0.903. The molecule has 4 nitrogen and oxygen atoms in total. The number of ether oxygens (including phenoxy) is 1. The lowest BCUT2D eigenvalue weighted by Crippen LogP contribution is -2.45. The lowest BCUT2D eigenvalue weighted by Gasteiger charge is -2.35. The Morgan fingerprint density at radius 3 is 2.74 bits per heavy atom. The summed E-state index contributed by atoms with van der Waals surface area (Å²) < 4.78 is 5.81. The maximum atomic E-state index is 5.81. The van der Waals surface area contributed by atoms with Gasteiger partial charge in [0.1, 0.15) is 0 Å². The van der Waals surface area contributed by atoms with Crippen LogP contribution in [-0.4, -0.2) is 37.3 Å². The Hall–Kier alpha value is -0.650. The molecule has 0 bridgehead atoms. The molecule has 0 amide bonds. The van der Waals surface area contributed by atoms with E-state index in [1.165, 1.54) is 28.5 Å². The molecule has 1 N–H and O–H groups in total. The molecule has 2 aliphatic rings. The fourth-order valence-electron chi connectivity index (χ4n) is 3.15. The van der Waals surface area contributed by atoms with E-state index >= 15 is 0 Å². The molecule has 1 fully saturated rings. The normalized spacial score (nSPS) is 31.3. The summed E-state index contributed by atoms with van der Waals surface area (Å²) in [7, 11) is 2.05. The number of fused-ring (bicyclic) bond motifs is 1. The fourth-order valence-corrected chi connectivity index (χ4v) is 4.43. The molecule has 1 aromatic heterocycles. The second-order valence-corrected chi connectivity index (χ2v) is 6.71. The zero-order chi connectivity index (χ0) is 13.4. The van der Waals surface area contributed by atoms with E-state index in [2.05, 4.69) is 31.1 Å². The first kappa shape index (κ1) is 13.3. The smallest absolute Gasteiger partial charge is 0.186 e. The summed E-state index contributed by atoms with van der Waals surface area (Å²) in [5.41, 5.74) is 1.32. The van der Waals surface area contributed by atoms with Gasteiger partial charge in [-0.2, -0.15) is 0 Å². The Balaban J connectivity index is 1.84. The number of thiazole rings is 1. The highest BCUT2D eigenvalue weighted by molar-refractivity contribution is 7.15. The number of morpholine rings is 1. The number of aromatic nitrogens is 1. The molecule has 1 aromatic rings. The Morgan fingerprint density at radius 1 is 1.32 bits per heavy atom. The second kappa shape index (κ2) is 5.38. The number of nitrogens with zero attached hydrogens (tertiary/aromatic N) is 2. The largest absolute Gasteiger partial charge is 0.372 e. The van der Waals surface area contributed by atoms with Crippen molar-refractivity contribution in [3.05, 3.63) is 10.6 Å². The van der Waals surface area contributed by atoms with Crippen molar-refractivity contribution in [2.75, 3.05) is 25.0 Å². The Labute approximate surface area is 119 Å². The SMILES string of the molecule is CNC1CCCc2nc(N3C[C@@H](C)O[C@@H](C)C3)sc21. The molecule has 1 aliphatic heterocycles. The van der Waals surface area contributed by atoms with Gasteiger partial charge in [0, 0.05) is 24.0 Å². The highest BCUT2D eigenvalue weighted by Crippen LogP contribution is 2.38. The van der Waals surface area contributed by atoms with E-state index in [9.17, 15) is 0 Å². The maximum absolute atomic E-state index is 5.81. The number of aryl methyl sites for hydroxylation is 1. The van der Waals surface area contributed by atoms with Crippen molar-refractivity contribution < 1.29 is 4.74 Å². The van der Waals surface area contributed by atoms with E-state index in [-0.39, 0.29) is 0 Å². The first-order valence-corrected chi connectivity index (χ1v) is 8.06. The third-order valence-corrected chi connectivity index (χ3v) is 5.25. The second-order valence-electron chi connectivity index (χ2n) is 5.70. The summed E-state index contributed by atoms with van der Waals surface area (Å²) in [5, 5.41) is 4.61. The van der Waals surface area contributed by atoms with Gasteiger partial charge < -0.3 is 15.0 Å². The third-order valence-electron chi connectivity index (χ3n) is 3.98. The van der Waals surface area contributed by atoms with Crippen molar-refractivity contribution in [3.63, 3.8) is 0 Å². The van der Waals surface area contributed by atoms with Crippen LogP contribution in [0.5, 0.6) is 0 Å². The van der Waals surface area contributed by atoms with Crippen LogP contribution >= 0.6 is 11.3 Å². The van der Waals surface area contributed by atoms with Crippen LogP contribution in [0.3, 0.4) is 0 Å². The van der Waals surface area contributed by atoms with Gasteiger partial charge in [-0.05, 0) is 40.2 Å². The minimum atomic E-state index is 0.296. The Morgan fingerprint density at radius 2 is 2.05 bits per heavy atom. The summed E-state index contributed by atoms with van der Waals surface area (Å²) in [6.45, 7) is 6.21. The monoisotopic (exact) mass is 281 g/mol. The topological polar surface area (TPSA) is 37.4 Å². The van der Waals surface area contributed by atoms with Crippen molar-refractivity contribution in [2.24, 2.45) is 0 Å². The van der Waals surface area contributed by atoms with Crippen molar-refractivity contribution >= 4 is 16.5 Å². The van der Waals surface area contributed by atoms with Gasteiger partial charge in [-0.25, -0.2) is 4.98 Å². The highest BCUT2D eigenvalue weighted by atomic mass is 32.1. The molecule has 19 heavy (non-hydrogen) atoms. The van der Waals surface area contributed by atoms with Crippen LogP contribution in [0.4, 0.5) is 5.13 Å². The van der Waals surface area contributed by atoms with E-state index in [0.29, 0.717) is 18.2 Å². The molecule has 1 aliphatic carbocycles. The summed E-state index contributed by atoms with van der Waals surface area (Å²) in [6.07, 6.45) is 4.22. The minimum absolute atomic E-state index is 0.296. The van der Waals surface area contributed by atoms with Crippen molar-refractivity contribution in [2.45, 2.75) is 51.4 Å². The molecule has 2 heterocycles. The van der Waals surface area contributed by atoms with Gasteiger partial charge in [-0.3, -0.25) is 0 Å². The van der Waals surface area contributed by atoms with Crippen LogP contribution in [0, 0.1) is 0 Å². The minimum Gasteiger partial charge on any atom is -0.372 e. The van der Waals surface area contributed by atoms with E-state index < -0.39 is 0 Å². The van der Waals surface area contributed by atoms with Crippen LogP contribution in [0.2, 0.25) is 0 Å². The van der Waals surface area contributed by atoms with E-state index in [1.54, 1.807) is 0 Å². The summed E-state index contributed by atoms with van der Waals surface area (Å²) in [5.74, 6) is 0. The van der Waals surface area contributed by atoms with Crippen molar-refractivity contribution in [1.82, 2.24) is 10.3 Å². The van der Waals surface area contributed by atoms with Gasteiger partial charge in [0.05, 0.1) is 17.9 Å². The van der Waals surface area contributed by atoms with E-state index in [1.807, 2.05) is 11.3 Å². The van der Waals surface area contributed by atoms with Crippen molar-refractivity contribution in [3.8, 4) is 0 Å². The van der Waals surface area contributed by atoms with Crippen molar-refractivity contribution in [1.29, 1.82) is 0 Å². The van der Waals surface area contributed by atoms with Gasteiger partial charge in [0.25, 0.3) is 0 Å². The summed E-state index contributed by atoms with van der Waals surface area (Å²) in [6, 6.07) is 0.505. The zero-order valence-corrected chi connectivity index (χ0v) is 12.8. The molecule has 0 radical (unpaired) electrons. The predicted molar refractivity (Wildman–Crippen MR) is 79.1 cm³/mol. The van der Waals surface area contributed by atoms with Gasteiger partial charge in [0.15, 0.2) is 5.13 Å². The van der Waals surface area contributed by atoms with Gasteiger partial charge >= 0.3 is 0 Å². The molecule has 0 spiro atoms. The van der Waals surface area contributed by atoms with E-state index in [4.69, 9.17) is 9.72 Å². The number of hydrogen-bond donors (Lipinski definition) is 1. The van der Waals surface area contributed by atoms with Gasteiger partial charge in [0.2, 0.25) is 0 Å². The molecule has 0 aromatic carbocycles. The average molecular weight is 281 g/mol. The first-order chi connectivity index (χ1) is 9.17. The lowest BCUT2D eigenvalue weighted by molar-refractivity contribution is -0.00523. The van der Waals surface area contributed by atoms with Crippen LogP contribution in [-0.2, 0) is 11.2 Å². The molecular weight excluding hydrogens is 258 g/mol. The number of hydrogen-bond acceptors (Lipinski definition) is 5. The third kappa shape index (κ3) is 2.64. The molecule has 3 atom stereocenters. The van der Waals surface area contributed by atoms with Crippen LogP contribution in [0.15, 0.2) is 0 Å². The molecule has 1 saturated heterocycles. The highest BCUT2D eigenvalue weighted by Gasteiger charge is 2.28. The maximum Gasteiger partial charge on any atom is 0.186 e. The molecule has 106 valence electrons. The summed E-state index contributed by atoms with van der Waals surface area (Å²) in [4.78, 5) is 8.74. The van der Waals surface area contributed by atoms with Crippen LogP contribution in [0.1, 0.15) is 43.3 Å². The molecule has 5 heteroatoms. The fraction of sp³-hybridized carbons (Fsp3) is 0.786. The first-order valence-electron chi connectivity index (χ1n) is 7.24. The van der Waals surface area contributed by atoms with E-state index in [0.717, 1.165) is 19.5 Å². The molecule has 3 rings (SSSR count). The van der Waals surface area contributed by atoms with Gasteiger partial charge in [-0.1, -0.05) is 11.3 Å². The average Bonchev–Trinajstić information content (AvgIpc) is 2.81.